The largest absolute Gasteiger partial charge is 0.390 e. The van der Waals surface area contributed by atoms with E-state index >= 15 is 0 Å². The summed E-state index contributed by atoms with van der Waals surface area (Å²) in [5.74, 6) is -0.246. The van der Waals surface area contributed by atoms with Crippen molar-refractivity contribution in [3.8, 4) is 0 Å². The molecule has 1 unspecified atom stereocenters. The molecule has 2 aromatic rings. The highest BCUT2D eigenvalue weighted by atomic mass is 16.3. The molecule has 2 amide bonds. The van der Waals surface area contributed by atoms with Crippen LogP contribution in [0.15, 0.2) is 18.2 Å². The minimum atomic E-state index is -0.615. The third-order valence-electron chi connectivity index (χ3n) is 8.09. The molecule has 1 aromatic carbocycles. The Labute approximate surface area is 213 Å². The number of aromatic nitrogens is 1. The topological polar surface area (TPSA) is 97.5 Å². The van der Waals surface area contributed by atoms with Crippen molar-refractivity contribution in [2.75, 3.05) is 25.5 Å². The maximum Gasteiger partial charge on any atom is 0.256 e. The molecule has 0 radical (unpaired) electrons. The maximum atomic E-state index is 13.3. The van der Waals surface area contributed by atoms with Crippen LogP contribution >= 0.6 is 0 Å². The van der Waals surface area contributed by atoms with Gasteiger partial charge in [0.15, 0.2) is 0 Å². The molecule has 1 saturated carbocycles. The molecule has 3 aliphatic rings. The summed E-state index contributed by atoms with van der Waals surface area (Å²) >= 11 is 0. The Bertz CT molecular complexity index is 1210. The molecule has 2 heterocycles. The molecule has 5 rings (SSSR count). The molecule has 1 aliphatic heterocycles. The van der Waals surface area contributed by atoms with Gasteiger partial charge in [-0.05, 0) is 76.3 Å². The quantitative estimate of drug-likeness (QED) is 0.457. The van der Waals surface area contributed by atoms with Gasteiger partial charge in [0.1, 0.15) is 0 Å². The summed E-state index contributed by atoms with van der Waals surface area (Å²) < 4.78 is 0. The van der Waals surface area contributed by atoms with Gasteiger partial charge >= 0.3 is 0 Å². The highest BCUT2D eigenvalue weighted by Crippen LogP contribution is 2.43. The number of amides is 2. The molecule has 1 fully saturated rings. The zero-order valence-corrected chi connectivity index (χ0v) is 21.7. The van der Waals surface area contributed by atoms with Crippen molar-refractivity contribution in [2.45, 2.75) is 77.4 Å². The second-order valence-corrected chi connectivity index (χ2v) is 10.8. The summed E-state index contributed by atoms with van der Waals surface area (Å²) in [5, 5.41) is 16.6. The summed E-state index contributed by atoms with van der Waals surface area (Å²) in [4.78, 5) is 31.9. The second kappa shape index (κ2) is 10.2. The number of nitrogens with one attached hydrogen (secondary N) is 3. The predicted octanol–water partition coefficient (Wildman–Crippen LogP) is 4.19. The van der Waals surface area contributed by atoms with E-state index in [1.54, 1.807) is 0 Å². The van der Waals surface area contributed by atoms with Crippen molar-refractivity contribution < 1.29 is 14.7 Å². The number of anilines is 1. The fraction of sp³-hybridized carbons (Fsp3) is 0.517. The first-order valence-corrected chi connectivity index (χ1v) is 13.4. The first kappa shape index (κ1) is 24.8. The fourth-order valence-electron chi connectivity index (χ4n) is 6.26. The Hall–Kier alpha value is -2.90. The maximum absolute atomic E-state index is 13.3. The summed E-state index contributed by atoms with van der Waals surface area (Å²) in [6.07, 6.45) is 8.02. The Morgan fingerprint density at radius 1 is 1.17 bits per heavy atom. The van der Waals surface area contributed by atoms with Gasteiger partial charge in [0.2, 0.25) is 0 Å². The molecule has 7 nitrogen and oxygen atoms in total. The van der Waals surface area contributed by atoms with Crippen molar-refractivity contribution >= 4 is 28.6 Å². The van der Waals surface area contributed by atoms with Gasteiger partial charge in [0.25, 0.3) is 11.8 Å². The van der Waals surface area contributed by atoms with Crippen LogP contribution in [0.5, 0.6) is 0 Å². The lowest BCUT2D eigenvalue weighted by Crippen LogP contribution is -2.43. The van der Waals surface area contributed by atoms with Gasteiger partial charge in [0.05, 0.1) is 17.2 Å². The second-order valence-electron chi connectivity index (χ2n) is 10.8. The van der Waals surface area contributed by atoms with Crippen molar-refractivity contribution in [3.05, 3.63) is 51.8 Å². The summed E-state index contributed by atoms with van der Waals surface area (Å²) in [7, 11) is 2.07. The molecule has 1 atom stereocenters. The fourth-order valence-corrected chi connectivity index (χ4v) is 6.26. The molecule has 7 heteroatoms. The Morgan fingerprint density at radius 3 is 2.72 bits per heavy atom. The van der Waals surface area contributed by atoms with Gasteiger partial charge in [-0.25, -0.2) is 0 Å². The van der Waals surface area contributed by atoms with E-state index in [1.165, 1.54) is 32.1 Å². The van der Waals surface area contributed by atoms with E-state index in [-0.39, 0.29) is 18.4 Å². The van der Waals surface area contributed by atoms with Crippen LogP contribution < -0.4 is 10.6 Å². The van der Waals surface area contributed by atoms with Gasteiger partial charge < -0.3 is 25.6 Å². The van der Waals surface area contributed by atoms with E-state index in [0.717, 1.165) is 58.6 Å². The number of aliphatic hydroxyl groups is 1. The number of nitrogens with zero attached hydrogens (tertiary/aromatic N) is 1. The molecule has 1 aromatic heterocycles. The molecule has 192 valence electrons. The molecule has 4 N–H and O–H groups in total. The highest BCUT2D eigenvalue weighted by molar-refractivity contribution is 6.37. The van der Waals surface area contributed by atoms with Crippen LogP contribution in [0.4, 0.5) is 5.69 Å². The third-order valence-corrected chi connectivity index (χ3v) is 8.09. The number of aromatic amines is 1. The van der Waals surface area contributed by atoms with E-state index in [9.17, 15) is 14.7 Å². The van der Waals surface area contributed by atoms with Crippen molar-refractivity contribution in [2.24, 2.45) is 0 Å². The number of carbonyl (C=O) groups is 2. The highest BCUT2D eigenvalue weighted by Gasteiger charge is 2.33. The lowest BCUT2D eigenvalue weighted by Gasteiger charge is -2.32. The first-order chi connectivity index (χ1) is 17.3. The SMILES string of the molecule is Cc1ccc2c(c1)C(=C1CCCc3c1[nH]c(C)c3C(=O)NCC(O)CN(C)C1CCCCC1)C(=O)N2. The number of hydrogen-bond donors (Lipinski definition) is 4. The van der Waals surface area contributed by atoms with Crippen molar-refractivity contribution in [3.63, 3.8) is 0 Å². The number of allylic oxidation sites excluding steroid dienone is 1. The minimum Gasteiger partial charge on any atom is -0.390 e. The number of carbonyl (C=O) groups excluding carboxylic acids is 2. The summed E-state index contributed by atoms with van der Waals surface area (Å²) in [5.41, 5.74) is 7.91. The number of H-pyrrole nitrogens is 1. The molecular formula is C29H38N4O3. The number of aryl methyl sites for hydroxylation is 2. The smallest absolute Gasteiger partial charge is 0.256 e. The number of fused-ring (bicyclic) bond motifs is 2. The van der Waals surface area contributed by atoms with E-state index in [1.807, 2.05) is 26.0 Å². The van der Waals surface area contributed by atoms with Crippen LogP contribution in [0.2, 0.25) is 0 Å². The van der Waals surface area contributed by atoms with Crippen LogP contribution in [0, 0.1) is 13.8 Å². The molecule has 36 heavy (non-hydrogen) atoms. The van der Waals surface area contributed by atoms with Crippen LogP contribution in [0.25, 0.3) is 11.1 Å². The standard InChI is InChI=1S/C29H38N4O3/c1-17-12-13-24-23(14-17)26(29(36)32-24)22-11-7-10-21-25(18(2)31-27(21)22)28(35)30-15-20(34)16-33(3)19-8-5-4-6-9-19/h12-14,19-20,31,34H,4-11,15-16H2,1-3H3,(H,30,35)(H,32,36). The van der Waals surface area contributed by atoms with Crippen LogP contribution in [0.1, 0.15) is 83.4 Å². The molecule has 0 spiro atoms. The third kappa shape index (κ3) is 4.74. The van der Waals surface area contributed by atoms with Gasteiger partial charge in [-0.1, -0.05) is 30.9 Å². The van der Waals surface area contributed by atoms with Crippen molar-refractivity contribution in [1.82, 2.24) is 15.2 Å². The van der Waals surface area contributed by atoms with Crippen LogP contribution in [0.3, 0.4) is 0 Å². The van der Waals surface area contributed by atoms with E-state index in [2.05, 4.69) is 33.6 Å². The first-order valence-electron chi connectivity index (χ1n) is 13.4. The lowest BCUT2D eigenvalue weighted by atomic mass is 9.85. The molecule has 2 aliphatic carbocycles. The Kier molecular flexibility index (Phi) is 7.04. The molecule has 0 bridgehead atoms. The van der Waals surface area contributed by atoms with Crippen molar-refractivity contribution in [1.29, 1.82) is 0 Å². The van der Waals surface area contributed by atoms with Gasteiger partial charge in [-0.15, -0.1) is 0 Å². The number of benzene rings is 1. The Morgan fingerprint density at radius 2 is 1.94 bits per heavy atom. The lowest BCUT2D eigenvalue weighted by molar-refractivity contribution is -0.110. The summed E-state index contributed by atoms with van der Waals surface area (Å²) in [6.45, 7) is 4.72. The normalized spacial score (nSPS) is 20.8. The van der Waals surface area contributed by atoms with Gasteiger partial charge in [-0.2, -0.15) is 0 Å². The van der Waals surface area contributed by atoms with E-state index in [0.29, 0.717) is 23.7 Å². The number of aliphatic hydroxyl groups excluding tert-OH is 1. The van der Waals surface area contributed by atoms with E-state index in [4.69, 9.17) is 0 Å². The summed E-state index contributed by atoms with van der Waals surface area (Å²) in [6, 6.07) is 6.53. The average Bonchev–Trinajstić information content (AvgIpc) is 3.37. The molecular weight excluding hydrogens is 452 g/mol. The average molecular weight is 491 g/mol. The Balaban J connectivity index is 1.34. The van der Waals surface area contributed by atoms with Gasteiger partial charge in [-0.3, -0.25) is 9.59 Å². The zero-order valence-electron chi connectivity index (χ0n) is 21.7. The monoisotopic (exact) mass is 490 g/mol. The number of hydrogen-bond acceptors (Lipinski definition) is 4. The van der Waals surface area contributed by atoms with E-state index < -0.39 is 6.10 Å². The minimum absolute atomic E-state index is 0.0816. The molecule has 0 saturated heterocycles. The van der Waals surface area contributed by atoms with Crippen LogP contribution in [-0.4, -0.2) is 59.1 Å². The number of likely N-dealkylation sites (N-methyl/N-ethyl adjacent to an activating group) is 1. The number of rotatable bonds is 6. The zero-order chi connectivity index (χ0) is 25.4. The predicted molar refractivity (Wildman–Crippen MR) is 143 cm³/mol. The van der Waals surface area contributed by atoms with Crippen LogP contribution in [-0.2, 0) is 11.2 Å². The van der Waals surface area contributed by atoms with Gasteiger partial charge in [0, 0.05) is 41.8 Å².